The third-order valence-electron chi connectivity index (χ3n) is 11.5. The van der Waals surface area contributed by atoms with E-state index in [1.165, 1.54) is 48.6 Å². The summed E-state index contributed by atoms with van der Waals surface area (Å²) in [6.07, 6.45) is 0. The van der Waals surface area contributed by atoms with Gasteiger partial charge >= 0.3 is 0 Å². The first kappa shape index (κ1) is 31.6. The summed E-state index contributed by atoms with van der Waals surface area (Å²) in [6.45, 7) is 0. The number of aromatic nitrogens is 2. The van der Waals surface area contributed by atoms with Crippen molar-refractivity contribution in [3.63, 3.8) is 0 Å². The quantitative estimate of drug-likeness (QED) is 0.166. The van der Waals surface area contributed by atoms with Gasteiger partial charge in [0.15, 0.2) is 5.58 Å². The Morgan fingerprint density at radius 1 is 0.421 bits per heavy atom. The number of benzene rings is 10. The van der Waals surface area contributed by atoms with Gasteiger partial charge in [0, 0.05) is 33.1 Å². The molecule has 2 aromatic heterocycles. The number of hydrogen-bond acceptors (Lipinski definition) is 3. The summed E-state index contributed by atoms with van der Waals surface area (Å²) >= 11 is 0. The number of anilines is 3. The molecule has 0 aliphatic rings. The summed E-state index contributed by atoms with van der Waals surface area (Å²) in [5.74, 6) is 0.597. The summed E-state index contributed by atoms with van der Waals surface area (Å²) in [6, 6.07) is 71.6. The lowest BCUT2D eigenvalue weighted by Crippen LogP contribution is -2.11. The highest BCUT2D eigenvalue weighted by molar-refractivity contribution is 6.22. The van der Waals surface area contributed by atoms with Crippen molar-refractivity contribution < 1.29 is 4.42 Å². The van der Waals surface area contributed by atoms with Crippen molar-refractivity contribution in [3.05, 3.63) is 200 Å². The minimum absolute atomic E-state index is 0.597. The van der Waals surface area contributed by atoms with Gasteiger partial charge in [0.25, 0.3) is 0 Å². The topological polar surface area (TPSA) is 34.2 Å². The van der Waals surface area contributed by atoms with Gasteiger partial charge in [0.1, 0.15) is 5.52 Å². The molecular formula is C53H33N3O. The standard InChI is InChI=1S/C53H33N3O/c1-2-17-39(18-3-1)55-47-30-28-40(33-45(47)51-42-20-9-6-14-35(42)27-29-48(51)55)56(50-32-37-16-7-8-19-41(37)43-21-10-11-22-44(43)50)49-24-12-23-46-52(49)57-53(54-46)38-26-25-34-13-4-5-15-36(34)31-38/h1-33H. The van der Waals surface area contributed by atoms with Crippen LogP contribution in [0.15, 0.2) is 205 Å². The predicted octanol–water partition coefficient (Wildman–Crippen LogP) is 14.7. The van der Waals surface area contributed by atoms with Crippen molar-refractivity contribution in [1.82, 2.24) is 9.55 Å². The summed E-state index contributed by atoms with van der Waals surface area (Å²) in [7, 11) is 0. The first-order valence-electron chi connectivity index (χ1n) is 19.4. The van der Waals surface area contributed by atoms with Crippen molar-refractivity contribution in [2.45, 2.75) is 0 Å². The molecule has 0 spiro atoms. The number of oxazole rings is 1. The monoisotopic (exact) mass is 727 g/mol. The molecule has 0 saturated carbocycles. The smallest absolute Gasteiger partial charge is 0.227 e. The Bertz CT molecular complexity index is 3540. The van der Waals surface area contributed by atoms with Gasteiger partial charge in [-0.2, -0.15) is 0 Å². The second-order valence-corrected chi connectivity index (χ2v) is 14.8. The molecule has 0 atom stereocenters. The largest absolute Gasteiger partial charge is 0.434 e. The Labute approximate surface area is 328 Å². The molecule has 57 heavy (non-hydrogen) atoms. The molecule has 4 heteroatoms. The van der Waals surface area contributed by atoms with Crippen LogP contribution in [0.3, 0.4) is 0 Å². The molecule has 0 bridgehead atoms. The van der Waals surface area contributed by atoms with Crippen LogP contribution in [-0.2, 0) is 0 Å². The molecule has 2 heterocycles. The van der Waals surface area contributed by atoms with Gasteiger partial charge in [-0.15, -0.1) is 0 Å². The number of para-hydroxylation sites is 2. The van der Waals surface area contributed by atoms with Crippen LogP contribution >= 0.6 is 0 Å². The normalized spacial score (nSPS) is 11.9. The third-order valence-corrected chi connectivity index (χ3v) is 11.5. The summed E-state index contributed by atoms with van der Waals surface area (Å²) in [4.78, 5) is 7.48. The first-order valence-corrected chi connectivity index (χ1v) is 19.4. The zero-order valence-corrected chi connectivity index (χ0v) is 30.8. The van der Waals surface area contributed by atoms with Crippen LogP contribution in [0, 0.1) is 0 Å². The van der Waals surface area contributed by atoms with Crippen LogP contribution in [0.4, 0.5) is 17.1 Å². The van der Waals surface area contributed by atoms with Crippen LogP contribution < -0.4 is 4.90 Å². The van der Waals surface area contributed by atoms with Crippen LogP contribution in [0.2, 0.25) is 0 Å². The van der Waals surface area contributed by atoms with Gasteiger partial charge in [-0.3, -0.25) is 0 Å². The van der Waals surface area contributed by atoms with E-state index in [0.717, 1.165) is 55.7 Å². The maximum Gasteiger partial charge on any atom is 0.227 e. The van der Waals surface area contributed by atoms with Crippen LogP contribution in [0.5, 0.6) is 0 Å². The maximum atomic E-state index is 6.88. The van der Waals surface area contributed by atoms with Gasteiger partial charge in [-0.1, -0.05) is 133 Å². The van der Waals surface area contributed by atoms with Crippen molar-refractivity contribution >= 4 is 93.1 Å². The lowest BCUT2D eigenvalue weighted by molar-refractivity contribution is 0.620. The predicted molar refractivity (Wildman–Crippen MR) is 238 cm³/mol. The molecule has 4 nitrogen and oxygen atoms in total. The van der Waals surface area contributed by atoms with Gasteiger partial charge < -0.3 is 13.9 Å². The maximum absolute atomic E-state index is 6.88. The molecule has 0 aliphatic heterocycles. The number of rotatable bonds is 5. The number of fused-ring (bicyclic) bond motifs is 10. The molecule has 12 aromatic rings. The Kier molecular flexibility index (Phi) is 6.89. The summed E-state index contributed by atoms with van der Waals surface area (Å²) in [5.41, 5.74) is 8.95. The zero-order chi connectivity index (χ0) is 37.5. The minimum Gasteiger partial charge on any atom is -0.434 e. The molecule has 0 aliphatic carbocycles. The van der Waals surface area contributed by atoms with E-state index in [1.807, 2.05) is 6.07 Å². The fourth-order valence-corrected chi connectivity index (χ4v) is 8.96. The Balaban J connectivity index is 1.17. The molecule has 0 radical (unpaired) electrons. The zero-order valence-electron chi connectivity index (χ0n) is 30.8. The van der Waals surface area contributed by atoms with Crippen molar-refractivity contribution in [2.75, 3.05) is 4.90 Å². The Morgan fingerprint density at radius 2 is 1.11 bits per heavy atom. The average Bonchev–Trinajstić information content (AvgIpc) is 3.87. The average molecular weight is 728 g/mol. The van der Waals surface area contributed by atoms with Crippen molar-refractivity contribution in [3.8, 4) is 17.1 Å². The fourth-order valence-electron chi connectivity index (χ4n) is 8.96. The highest BCUT2D eigenvalue weighted by atomic mass is 16.3. The van der Waals surface area contributed by atoms with E-state index in [0.29, 0.717) is 5.89 Å². The highest BCUT2D eigenvalue weighted by Gasteiger charge is 2.24. The Hall–Kier alpha value is -7.69. The lowest BCUT2D eigenvalue weighted by Gasteiger charge is -2.27. The SMILES string of the molecule is c1ccc(-n2c3ccc(N(c4cc5ccccc5c5ccccc45)c4cccc5nc(-c6ccc7ccccc7c6)oc45)cc3c3c4ccccc4ccc32)cc1. The molecule has 10 aromatic carbocycles. The number of nitrogens with zero attached hydrogens (tertiary/aromatic N) is 3. The van der Waals surface area contributed by atoms with E-state index in [4.69, 9.17) is 9.40 Å². The first-order chi connectivity index (χ1) is 28.3. The van der Waals surface area contributed by atoms with Crippen LogP contribution in [0.25, 0.3) is 93.1 Å². The molecule has 12 rings (SSSR count). The highest BCUT2D eigenvalue weighted by Crippen LogP contribution is 2.47. The molecule has 0 amide bonds. The second kappa shape index (κ2) is 12.4. The molecule has 0 N–H and O–H groups in total. The van der Waals surface area contributed by atoms with Crippen LogP contribution in [0.1, 0.15) is 0 Å². The fraction of sp³-hybridized carbons (Fsp3) is 0. The minimum atomic E-state index is 0.597. The van der Waals surface area contributed by atoms with E-state index >= 15 is 0 Å². The van der Waals surface area contributed by atoms with Crippen LogP contribution in [-0.4, -0.2) is 9.55 Å². The lowest BCUT2D eigenvalue weighted by atomic mass is 9.98. The number of hydrogen-bond donors (Lipinski definition) is 0. The molecular weight excluding hydrogens is 695 g/mol. The molecule has 0 saturated heterocycles. The molecule has 0 unspecified atom stereocenters. The van der Waals surface area contributed by atoms with Gasteiger partial charge in [-0.05, 0) is 104 Å². The van der Waals surface area contributed by atoms with Gasteiger partial charge in [0.2, 0.25) is 5.89 Å². The van der Waals surface area contributed by atoms with E-state index < -0.39 is 0 Å². The summed E-state index contributed by atoms with van der Waals surface area (Å²) in [5, 5.41) is 11.9. The van der Waals surface area contributed by atoms with E-state index in [1.54, 1.807) is 0 Å². The van der Waals surface area contributed by atoms with Crippen molar-refractivity contribution in [2.24, 2.45) is 0 Å². The van der Waals surface area contributed by atoms with E-state index in [9.17, 15) is 0 Å². The Morgan fingerprint density at radius 3 is 1.96 bits per heavy atom. The summed E-state index contributed by atoms with van der Waals surface area (Å²) < 4.78 is 9.27. The second-order valence-electron chi connectivity index (χ2n) is 14.8. The van der Waals surface area contributed by atoms with Crippen molar-refractivity contribution in [1.29, 1.82) is 0 Å². The molecule has 266 valence electrons. The van der Waals surface area contributed by atoms with Gasteiger partial charge in [-0.25, -0.2) is 4.98 Å². The molecule has 0 fully saturated rings. The van der Waals surface area contributed by atoms with E-state index in [-0.39, 0.29) is 0 Å². The van der Waals surface area contributed by atoms with E-state index in [2.05, 4.69) is 204 Å². The van der Waals surface area contributed by atoms with Gasteiger partial charge in [0.05, 0.1) is 22.4 Å². The third kappa shape index (κ3) is 4.91.